The van der Waals surface area contributed by atoms with E-state index in [0.29, 0.717) is 11.3 Å². The maximum atomic E-state index is 12.4. The number of hydrogen-bond donors (Lipinski definition) is 1. The van der Waals surface area contributed by atoms with Gasteiger partial charge in [0.05, 0.1) is 5.56 Å². The molecule has 2 aliphatic rings. The summed E-state index contributed by atoms with van der Waals surface area (Å²) in [4.78, 5) is 20.9. The second-order valence-electron chi connectivity index (χ2n) is 5.73. The summed E-state index contributed by atoms with van der Waals surface area (Å²) in [5.41, 5.74) is 6.90. The monoisotopic (exact) mass is 274 g/mol. The van der Waals surface area contributed by atoms with Crippen molar-refractivity contribution in [2.24, 2.45) is 0 Å². The van der Waals surface area contributed by atoms with Gasteiger partial charge in [-0.3, -0.25) is 14.7 Å². The smallest absolute Gasteiger partial charge is 0.257 e. The van der Waals surface area contributed by atoms with Crippen molar-refractivity contribution in [1.29, 1.82) is 0 Å². The van der Waals surface area contributed by atoms with Crippen molar-refractivity contribution >= 4 is 11.6 Å². The molecule has 1 aliphatic heterocycles. The van der Waals surface area contributed by atoms with Crippen molar-refractivity contribution in [3.8, 4) is 0 Å². The first kappa shape index (κ1) is 13.4. The number of piperazine rings is 1. The SMILES string of the molecule is Nc1ccncc1C(=O)N1CCN(C2CCCC2)CC1. The average molecular weight is 274 g/mol. The van der Waals surface area contributed by atoms with E-state index >= 15 is 0 Å². The van der Waals surface area contributed by atoms with Crippen LogP contribution in [0.15, 0.2) is 18.5 Å². The first-order valence-electron chi connectivity index (χ1n) is 7.48. The molecule has 2 heterocycles. The van der Waals surface area contributed by atoms with Gasteiger partial charge in [-0.1, -0.05) is 12.8 Å². The first-order valence-corrected chi connectivity index (χ1v) is 7.48. The molecular weight excluding hydrogens is 252 g/mol. The number of pyridine rings is 1. The maximum absolute atomic E-state index is 12.4. The standard InChI is InChI=1S/C15H22N4O/c16-14-5-6-17-11-13(14)15(20)19-9-7-18(8-10-19)12-3-1-2-4-12/h5-6,11-12H,1-4,7-10H2,(H2,16,17). The second-order valence-corrected chi connectivity index (χ2v) is 5.73. The van der Waals surface area contributed by atoms with E-state index in [4.69, 9.17) is 5.73 Å². The van der Waals surface area contributed by atoms with Gasteiger partial charge < -0.3 is 10.6 Å². The summed E-state index contributed by atoms with van der Waals surface area (Å²) in [6.45, 7) is 3.56. The van der Waals surface area contributed by atoms with Gasteiger partial charge in [0.1, 0.15) is 0 Å². The van der Waals surface area contributed by atoms with Crippen LogP contribution in [-0.2, 0) is 0 Å². The van der Waals surface area contributed by atoms with Crippen LogP contribution in [0.4, 0.5) is 5.69 Å². The molecule has 5 nitrogen and oxygen atoms in total. The molecule has 2 N–H and O–H groups in total. The van der Waals surface area contributed by atoms with Crippen molar-refractivity contribution in [3.05, 3.63) is 24.0 Å². The van der Waals surface area contributed by atoms with E-state index in [0.717, 1.165) is 32.2 Å². The van der Waals surface area contributed by atoms with Gasteiger partial charge in [0.25, 0.3) is 5.91 Å². The summed E-state index contributed by atoms with van der Waals surface area (Å²) in [5, 5.41) is 0. The lowest BCUT2D eigenvalue weighted by Gasteiger charge is -2.38. The molecule has 5 heteroatoms. The largest absolute Gasteiger partial charge is 0.398 e. The topological polar surface area (TPSA) is 62.5 Å². The van der Waals surface area contributed by atoms with Crippen LogP contribution in [0.5, 0.6) is 0 Å². The van der Waals surface area contributed by atoms with Gasteiger partial charge in [0.2, 0.25) is 0 Å². The zero-order valence-electron chi connectivity index (χ0n) is 11.8. The fraction of sp³-hybridized carbons (Fsp3) is 0.600. The fourth-order valence-corrected chi connectivity index (χ4v) is 3.31. The van der Waals surface area contributed by atoms with Crippen molar-refractivity contribution in [2.75, 3.05) is 31.9 Å². The molecule has 0 radical (unpaired) electrons. The van der Waals surface area contributed by atoms with Gasteiger partial charge in [0, 0.05) is 50.3 Å². The number of nitrogen functional groups attached to an aromatic ring is 1. The zero-order chi connectivity index (χ0) is 13.9. The van der Waals surface area contributed by atoms with Gasteiger partial charge in [-0.25, -0.2) is 0 Å². The van der Waals surface area contributed by atoms with Crippen LogP contribution in [0.3, 0.4) is 0 Å². The fourth-order valence-electron chi connectivity index (χ4n) is 3.31. The number of nitrogens with two attached hydrogens (primary N) is 1. The summed E-state index contributed by atoms with van der Waals surface area (Å²) in [6.07, 6.45) is 8.55. The Morgan fingerprint density at radius 1 is 1.20 bits per heavy atom. The Labute approximate surface area is 119 Å². The molecule has 3 rings (SSSR count). The Hall–Kier alpha value is -1.62. The van der Waals surface area contributed by atoms with Crippen LogP contribution in [0.25, 0.3) is 0 Å². The quantitative estimate of drug-likeness (QED) is 0.884. The molecule has 108 valence electrons. The Balaban J connectivity index is 1.60. The van der Waals surface area contributed by atoms with Gasteiger partial charge in [-0.2, -0.15) is 0 Å². The molecule has 1 saturated heterocycles. The Bertz CT molecular complexity index is 477. The number of nitrogens with zero attached hydrogens (tertiary/aromatic N) is 3. The summed E-state index contributed by atoms with van der Waals surface area (Å²) in [5.74, 6) is 0.0154. The maximum Gasteiger partial charge on any atom is 0.257 e. The molecule has 1 amide bonds. The lowest BCUT2D eigenvalue weighted by Crippen LogP contribution is -2.51. The summed E-state index contributed by atoms with van der Waals surface area (Å²) in [7, 11) is 0. The third-order valence-corrected chi connectivity index (χ3v) is 4.53. The van der Waals surface area contributed by atoms with Crippen LogP contribution >= 0.6 is 0 Å². The highest BCUT2D eigenvalue weighted by molar-refractivity contribution is 5.98. The van der Waals surface area contributed by atoms with Gasteiger partial charge >= 0.3 is 0 Å². The van der Waals surface area contributed by atoms with E-state index in [9.17, 15) is 4.79 Å². The average Bonchev–Trinajstić information content (AvgIpc) is 3.01. The van der Waals surface area contributed by atoms with E-state index in [-0.39, 0.29) is 5.91 Å². The van der Waals surface area contributed by atoms with Gasteiger partial charge in [0.15, 0.2) is 0 Å². The summed E-state index contributed by atoms with van der Waals surface area (Å²) >= 11 is 0. The molecular formula is C15H22N4O. The van der Waals surface area contributed by atoms with Crippen LogP contribution < -0.4 is 5.73 Å². The molecule has 1 aromatic heterocycles. The van der Waals surface area contributed by atoms with Crippen LogP contribution in [0, 0.1) is 0 Å². The van der Waals surface area contributed by atoms with Crippen molar-refractivity contribution in [3.63, 3.8) is 0 Å². The first-order chi connectivity index (χ1) is 9.75. The van der Waals surface area contributed by atoms with E-state index in [1.807, 2.05) is 4.90 Å². The summed E-state index contributed by atoms with van der Waals surface area (Å²) < 4.78 is 0. The van der Waals surface area contributed by atoms with Crippen molar-refractivity contribution in [1.82, 2.24) is 14.8 Å². The third kappa shape index (κ3) is 2.63. The molecule has 1 aliphatic carbocycles. The van der Waals surface area contributed by atoms with Gasteiger partial charge in [-0.15, -0.1) is 0 Å². The zero-order valence-corrected chi connectivity index (χ0v) is 11.8. The normalized spacial score (nSPS) is 21.3. The number of carbonyl (C=O) groups is 1. The third-order valence-electron chi connectivity index (χ3n) is 4.53. The number of amides is 1. The minimum absolute atomic E-state index is 0.0154. The van der Waals surface area contributed by atoms with E-state index in [2.05, 4.69) is 9.88 Å². The van der Waals surface area contributed by atoms with Gasteiger partial charge in [-0.05, 0) is 18.9 Å². The number of hydrogen-bond acceptors (Lipinski definition) is 4. The van der Waals surface area contributed by atoms with Crippen LogP contribution in [-0.4, -0.2) is 52.9 Å². The second kappa shape index (κ2) is 5.79. The predicted molar refractivity (Wildman–Crippen MR) is 78.4 cm³/mol. The molecule has 1 aromatic rings. The highest BCUT2D eigenvalue weighted by Crippen LogP contribution is 2.24. The predicted octanol–water partition coefficient (Wildman–Crippen LogP) is 1.36. The van der Waals surface area contributed by atoms with Crippen molar-refractivity contribution in [2.45, 2.75) is 31.7 Å². The number of carbonyl (C=O) groups excluding carboxylic acids is 1. The minimum atomic E-state index is 0.0154. The Kier molecular flexibility index (Phi) is 3.87. The lowest BCUT2D eigenvalue weighted by molar-refractivity contribution is 0.0574. The number of aromatic nitrogens is 1. The minimum Gasteiger partial charge on any atom is -0.398 e. The lowest BCUT2D eigenvalue weighted by atomic mass is 10.1. The molecule has 20 heavy (non-hydrogen) atoms. The summed E-state index contributed by atoms with van der Waals surface area (Å²) in [6, 6.07) is 2.43. The molecule has 0 unspecified atom stereocenters. The van der Waals surface area contributed by atoms with Crippen molar-refractivity contribution < 1.29 is 4.79 Å². The highest BCUT2D eigenvalue weighted by atomic mass is 16.2. The molecule has 2 fully saturated rings. The Morgan fingerprint density at radius 2 is 1.90 bits per heavy atom. The molecule has 0 bridgehead atoms. The van der Waals surface area contributed by atoms with E-state index in [1.165, 1.54) is 25.7 Å². The van der Waals surface area contributed by atoms with Crippen LogP contribution in [0.1, 0.15) is 36.0 Å². The number of rotatable bonds is 2. The van der Waals surface area contributed by atoms with E-state index < -0.39 is 0 Å². The van der Waals surface area contributed by atoms with E-state index in [1.54, 1.807) is 18.5 Å². The Morgan fingerprint density at radius 3 is 2.55 bits per heavy atom. The highest BCUT2D eigenvalue weighted by Gasteiger charge is 2.28. The molecule has 1 saturated carbocycles. The number of anilines is 1. The molecule has 0 atom stereocenters. The van der Waals surface area contributed by atoms with Crippen LogP contribution in [0.2, 0.25) is 0 Å². The molecule has 0 spiro atoms. The molecule has 0 aromatic carbocycles.